The zero-order chi connectivity index (χ0) is 20.3. The van der Waals surface area contributed by atoms with E-state index >= 15 is 0 Å². The minimum Gasteiger partial charge on any atom is -0.481 e. The van der Waals surface area contributed by atoms with Gasteiger partial charge in [0.25, 0.3) is 0 Å². The number of amides is 2. The second kappa shape index (κ2) is 10.8. The molecule has 4 N–H and O–H groups in total. The number of anilines is 1. The number of primary amides is 1. The summed E-state index contributed by atoms with van der Waals surface area (Å²) in [6, 6.07) is 15.8. The number of aliphatic carboxylic acids is 1. The number of benzene rings is 2. The number of ether oxygens (including phenoxy) is 1. The summed E-state index contributed by atoms with van der Waals surface area (Å²) in [6.07, 6.45) is 1.05. The van der Waals surface area contributed by atoms with Crippen LogP contribution in [0.4, 0.5) is 10.5 Å². The summed E-state index contributed by atoms with van der Waals surface area (Å²) < 4.78 is 6.48. The normalized spacial score (nSPS) is 10.3. The van der Waals surface area contributed by atoms with Crippen molar-refractivity contribution in [3.63, 3.8) is 0 Å². The Kier molecular flexibility index (Phi) is 8.81. The first-order chi connectivity index (χ1) is 12.7. The van der Waals surface area contributed by atoms with Gasteiger partial charge in [0.1, 0.15) is 5.75 Å². The summed E-state index contributed by atoms with van der Waals surface area (Å²) in [5, 5.41) is 10.8. The molecule has 0 saturated carbocycles. The molecule has 0 saturated heterocycles. The van der Waals surface area contributed by atoms with Crippen LogP contribution in [0.3, 0.4) is 0 Å². The highest BCUT2D eigenvalue weighted by atomic mass is 16.5. The molecule has 0 aromatic heterocycles. The van der Waals surface area contributed by atoms with E-state index in [0.717, 1.165) is 17.4 Å². The second-order valence-corrected chi connectivity index (χ2v) is 6.91. The second-order valence-electron chi connectivity index (χ2n) is 6.91. The van der Waals surface area contributed by atoms with E-state index in [1.54, 1.807) is 18.2 Å². The van der Waals surface area contributed by atoms with Gasteiger partial charge in [0.05, 0.1) is 39.8 Å². The van der Waals surface area contributed by atoms with Gasteiger partial charge in [-0.15, -0.1) is 0 Å². The number of carboxylic acids is 1. The van der Waals surface area contributed by atoms with Gasteiger partial charge in [0, 0.05) is 6.42 Å². The molecule has 2 rings (SSSR count). The van der Waals surface area contributed by atoms with Crippen LogP contribution in [0, 0.1) is 0 Å². The van der Waals surface area contributed by atoms with Gasteiger partial charge in [-0.25, -0.2) is 4.79 Å². The smallest absolute Gasteiger partial charge is 0.316 e. The molecule has 0 unspecified atom stereocenters. The van der Waals surface area contributed by atoms with Crippen molar-refractivity contribution in [3.05, 3.63) is 54.6 Å². The number of hydrogen-bond donors (Lipinski definition) is 3. The van der Waals surface area contributed by atoms with E-state index in [-0.39, 0.29) is 6.42 Å². The number of nitrogens with one attached hydrogen (secondary N) is 1. The minimum atomic E-state index is -0.701. The molecule has 2 aromatic carbocycles. The van der Waals surface area contributed by atoms with Gasteiger partial charge in [0.2, 0.25) is 0 Å². The number of carboxylic acid groups (broad SMARTS) is 1. The standard InChI is InChI=1S/C13H12N2O2.C7H15NO2/c14-13(16)15-11-8-4-5-9-12(11)17-10-6-2-1-3-7-10;1-8(2,3)6-4-5-7(9)10/h1-9H,(H3,14,15,16);4-6H2,1-3H3/p+1. The van der Waals surface area contributed by atoms with Crippen molar-refractivity contribution < 1.29 is 23.9 Å². The largest absolute Gasteiger partial charge is 0.481 e. The van der Waals surface area contributed by atoms with Gasteiger partial charge in [-0.1, -0.05) is 30.3 Å². The SMILES string of the molecule is C[N+](C)(C)CCCC(=O)O.NC(=O)Nc1ccccc1Oc1ccccc1. The number of carbonyl (C=O) groups is 2. The number of nitrogens with two attached hydrogens (primary N) is 1. The summed E-state index contributed by atoms with van der Waals surface area (Å²) in [4.78, 5) is 20.9. The van der Waals surface area contributed by atoms with Crippen molar-refractivity contribution in [2.24, 2.45) is 5.73 Å². The minimum absolute atomic E-state index is 0.287. The number of rotatable bonds is 7. The van der Waals surface area contributed by atoms with Crippen LogP contribution in [0.2, 0.25) is 0 Å². The molecule has 2 aromatic rings. The molecule has 0 radical (unpaired) electrons. The molecule has 0 aliphatic carbocycles. The number of hydrogen-bond acceptors (Lipinski definition) is 3. The van der Waals surface area contributed by atoms with Gasteiger partial charge >= 0.3 is 12.0 Å². The summed E-state index contributed by atoms with van der Waals surface area (Å²) in [5.41, 5.74) is 5.63. The Morgan fingerprint density at radius 1 is 1.04 bits per heavy atom. The molecule has 7 heteroatoms. The van der Waals surface area contributed by atoms with Crippen LogP contribution in [0.5, 0.6) is 11.5 Å². The maximum Gasteiger partial charge on any atom is 0.316 e. The molecule has 7 nitrogen and oxygen atoms in total. The topological polar surface area (TPSA) is 102 Å². The van der Waals surface area contributed by atoms with Crippen LogP contribution in [0.25, 0.3) is 0 Å². The highest BCUT2D eigenvalue weighted by Crippen LogP contribution is 2.28. The highest BCUT2D eigenvalue weighted by molar-refractivity contribution is 5.89. The van der Waals surface area contributed by atoms with E-state index in [9.17, 15) is 9.59 Å². The first-order valence-corrected chi connectivity index (χ1v) is 8.58. The molecule has 2 amide bonds. The number of nitrogens with zero attached hydrogens (tertiary/aromatic N) is 1. The average molecular weight is 374 g/mol. The number of para-hydroxylation sites is 3. The fraction of sp³-hybridized carbons (Fsp3) is 0.300. The van der Waals surface area contributed by atoms with Crippen molar-refractivity contribution in [2.75, 3.05) is 33.0 Å². The van der Waals surface area contributed by atoms with Crippen LogP contribution in [-0.2, 0) is 4.79 Å². The van der Waals surface area contributed by atoms with Gasteiger partial charge in [-0.05, 0) is 24.3 Å². The fourth-order valence-corrected chi connectivity index (χ4v) is 2.11. The van der Waals surface area contributed by atoms with Gasteiger partial charge in [0.15, 0.2) is 5.75 Å². The lowest BCUT2D eigenvalue weighted by Crippen LogP contribution is -2.35. The maximum atomic E-state index is 10.8. The summed E-state index contributed by atoms with van der Waals surface area (Å²) in [6.45, 7) is 0.923. The summed E-state index contributed by atoms with van der Waals surface area (Å²) in [5.74, 6) is 0.553. The quantitative estimate of drug-likeness (QED) is 0.645. The van der Waals surface area contributed by atoms with Crippen molar-refractivity contribution in [1.29, 1.82) is 0 Å². The number of quaternary nitrogens is 1. The van der Waals surface area contributed by atoms with E-state index < -0.39 is 12.0 Å². The molecule has 0 bridgehead atoms. The van der Waals surface area contributed by atoms with Crippen LogP contribution < -0.4 is 15.8 Å². The molecule has 0 aliphatic rings. The first-order valence-electron chi connectivity index (χ1n) is 8.58. The molecule has 0 atom stereocenters. The molecule has 27 heavy (non-hydrogen) atoms. The summed E-state index contributed by atoms with van der Waals surface area (Å²) >= 11 is 0. The van der Waals surface area contributed by atoms with Gasteiger partial charge in [-0.2, -0.15) is 0 Å². The zero-order valence-electron chi connectivity index (χ0n) is 16.0. The van der Waals surface area contributed by atoms with E-state index in [2.05, 4.69) is 26.5 Å². The molecule has 0 spiro atoms. The molecular weight excluding hydrogens is 346 g/mol. The Bertz CT molecular complexity index is 728. The van der Waals surface area contributed by atoms with E-state index in [0.29, 0.717) is 17.2 Å². The monoisotopic (exact) mass is 374 g/mol. The third kappa shape index (κ3) is 10.5. The summed E-state index contributed by atoms with van der Waals surface area (Å²) in [7, 11) is 6.17. The van der Waals surface area contributed by atoms with Gasteiger partial charge in [-0.3, -0.25) is 4.79 Å². The average Bonchev–Trinajstić information content (AvgIpc) is 2.56. The number of urea groups is 1. The Morgan fingerprint density at radius 2 is 1.63 bits per heavy atom. The van der Waals surface area contributed by atoms with Gasteiger partial charge < -0.3 is 25.4 Å². The fourth-order valence-electron chi connectivity index (χ4n) is 2.11. The molecule has 0 heterocycles. The van der Waals surface area contributed by atoms with Crippen molar-refractivity contribution in [2.45, 2.75) is 12.8 Å². The van der Waals surface area contributed by atoms with Crippen LogP contribution in [0.1, 0.15) is 12.8 Å². The van der Waals surface area contributed by atoms with Crippen molar-refractivity contribution in [1.82, 2.24) is 0 Å². The predicted octanol–water partition coefficient (Wildman–Crippen LogP) is 3.53. The Morgan fingerprint density at radius 3 is 2.19 bits per heavy atom. The van der Waals surface area contributed by atoms with Crippen molar-refractivity contribution in [3.8, 4) is 11.5 Å². The third-order valence-electron chi connectivity index (χ3n) is 3.34. The first kappa shape index (κ1) is 22.0. The zero-order valence-corrected chi connectivity index (χ0v) is 16.0. The predicted molar refractivity (Wildman–Crippen MR) is 106 cm³/mol. The van der Waals surface area contributed by atoms with Crippen LogP contribution >= 0.6 is 0 Å². The lowest BCUT2D eigenvalue weighted by Gasteiger charge is -2.23. The van der Waals surface area contributed by atoms with E-state index in [4.69, 9.17) is 15.6 Å². The Balaban J connectivity index is 0.000000314. The van der Waals surface area contributed by atoms with E-state index in [1.807, 2.05) is 36.4 Å². The van der Waals surface area contributed by atoms with Crippen LogP contribution in [0.15, 0.2) is 54.6 Å². The molecule has 146 valence electrons. The lowest BCUT2D eigenvalue weighted by molar-refractivity contribution is -0.870. The van der Waals surface area contributed by atoms with Crippen molar-refractivity contribution >= 4 is 17.7 Å². The Hall–Kier alpha value is -3.06. The molecular formula is C20H28N3O4+. The third-order valence-corrected chi connectivity index (χ3v) is 3.34. The highest BCUT2D eigenvalue weighted by Gasteiger charge is 2.07. The molecule has 0 fully saturated rings. The number of carbonyl (C=O) groups excluding carboxylic acids is 1. The lowest BCUT2D eigenvalue weighted by atomic mass is 10.3. The molecule has 0 aliphatic heterocycles. The van der Waals surface area contributed by atoms with Crippen LogP contribution in [-0.4, -0.2) is 49.3 Å². The van der Waals surface area contributed by atoms with E-state index in [1.165, 1.54) is 0 Å². The Labute approximate surface area is 160 Å². The maximum absolute atomic E-state index is 10.8.